The summed E-state index contributed by atoms with van der Waals surface area (Å²) < 4.78 is 0. The lowest BCUT2D eigenvalue weighted by Crippen LogP contribution is -2.40. The van der Waals surface area contributed by atoms with E-state index >= 15 is 0 Å². The molecule has 7 saturated carbocycles. The molecule has 26 heavy (non-hydrogen) atoms. The zero-order chi connectivity index (χ0) is 16.8. The van der Waals surface area contributed by atoms with Crippen LogP contribution in [0.1, 0.15) is 89.9 Å². The summed E-state index contributed by atoms with van der Waals surface area (Å²) in [5, 5.41) is 0. The van der Waals surface area contributed by atoms with Crippen LogP contribution in [0.15, 0.2) is 0 Å². The Bertz CT molecular complexity index is 516. The fourth-order valence-electron chi connectivity index (χ4n) is 11.5. The van der Waals surface area contributed by atoms with E-state index in [0.29, 0.717) is 0 Å². The third kappa shape index (κ3) is 1.98. The molecule has 7 fully saturated rings. The predicted molar refractivity (Wildman–Crippen MR) is 107 cm³/mol. The molecule has 10 atom stereocenters. The summed E-state index contributed by atoms with van der Waals surface area (Å²) in [7, 11) is 0. The van der Waals surface area contributed by atoms with Gasteiger partial charge in [-0.05, 0) is 122 Å². The van der Waals surface area contributed by atoms with E-state index in [0.717, 1.165) is 11.8 Å². The van der Waals surface area contributed by atoms with E-state index in [4.69, 9.17) is 0 Å². The molecule has 0 nitrogen and oxygen atoms in total. The minimum absolute atomic E-state index is 1.16. The Morgan fingerprint density at radius 1 is 0.308 bits per heavy atom. The minimum atomic E-state index is 1.16. The second kappa shape index (κ2) is 5.76. The highest BCUT2D eigenvalue weighted by molar-refractivity contribution is 5.13. The normalized spacial score (nSPS) is 62.8. The molecule has 0 saturated heterocycles. The second-order valence-corrected chi connectivity index (χ2v) is 12.2. The molecule has 0 heteroatoms. The second-order valence-electron chi connectivity index (χ2n) is 12.2. The van der Waals surface area contributed by atoms with Gasteiger partial charge in [-0.2, -0.15) is 0 Å². The minimum Gasteiger partial charge on any atom is -0.0530 e. The first kappa shape index (κ1) is 15.9. The van der Waals surface area contributed by atoms with Gasteiger partial charge in [-0.25, -0.2) is 0 Å². The Morgan fingerprint density at radius 3 is 1.15 bits per heavy atom. The molecular weight excluding hydrogens is 312 g/mol. The fraction of sp³-hybridized carbons (Fsp3) is 1.00. The van der Waals surface area contributed by atoms with Crippen molar-refractivity contribution in [2.24, 2.45) is 71.0 Å². The fourth-order valence-corrected chi connectivity index (χ4v) is 11.5. The number of hydrogen-bond donors (Lipinski definition) is 0. The van der Waals surface area contributed by atoms with Gasteiger partial charge in [-0.3, -0.25) is 0 Å². The van der Waals surface area contributed by atoms with Gasteiger partial charge in [0.2, 0.25) is 0 Å². The molecule has 7 rings (SSSR count). The van der Waals surface area contributed by atoms with Crippen LogP contribution in [-0.4, -0.2) is 0 Å². The third-order valence-corrected chi connectivity index (χ3v) is 11.9. The summed E-state index contributed by atoms with van der Waals surface area (Å²) in [4.78, 5) is 0. The number of rotatable bonds is 0. The topological polar surface area (TPSA) is 0 Å². The molecule has 0 amide bonds. The zero-order valence-corrected chi connectivity index (χ0v) is 16.8. The summed E-state index contributed by atoms with van der Waals surface area (Å²) in [6.45, 7) is 0. The van der Waals surface area contributed by atoms with Crippen molar-refractivity contribution < 1.29 is 0 Å². The van der Waals surface area contributed by atoms with Crippen molar-refractivity contribution in [1.82, 2.24) is 0 Å². The van der Waals surface area contributed by atoms with Crippen LogP contribution in [0.25, 0.3) is 0 Å². The first-order valence-electron chi connectivity index (χ1n) is 12.9. The Balaban J connectivity index is 1.23. The summed E-state index contributed by atoms with van der Waals surface area (Å²) in [5.74, 6) is 14.3. The smallest absolute Gasteiger partial charge is 0.0318 e. The maximum atomic E-state index is 1.68. The molecule has 0 spiro atoms. The van der Waals surface area contributed by atoms with Crippen molar-refractivity contribution >= 4 is 0 Å². The molecule has 0 heterocycles. The average molecular weight is 353 g/mol. The first-order chi connectivity index (χ1) is 12.9. The highest BCUT2D eigenvalue weighted by Gasteiger charge is 2.65. The van der Waals surface area contributed by atoms with E-state index < -0.39 is 0 Å². The molecule has 0 N–H and O–H groups in total. The third-order valence-electron chi connectivity index (χ3n) is 11.9. The van der Waals surface area contributed by atoms with Crippen LogP contribution in [-0.2, 0) is 0 Å². The largest absolute Gasteiger partial charge is 0.0530 e. The Hall–Kier alpha value is 0. The SMILES string of the molecule is C1CCC2CC3C(CC2C1)C1CCC2C4CCCCC4C4CCC3C1C24. The van der Waals surface area contributed by atoms with Crippen LogP contribution in [0.5, 0.6) is 0 Å². The van der Waals surface area contributed by atoms with Crippen LogP contribution in [0.3, 0.4) is 0 Å². The van der Waals surface area contributed by atoms with Crippen molar-refractivity contribution in [2.75, 3.05) is 0 Å². The maximum Gasteiger partial charge on any atom is -0.0318 e. The summed E-state index contributed by atoms with van der Waals surface area (Å²) >= 11 is 0. The van der Waals surface area contributed by atoms with Gasteiger partial charge in [0.25, 0.3) is 0 Å². The Kier molecular flexibility index (Phi) is 3.52. The van der Waals surface area contributed by atoms with Crippen molar-refractivity contribution in [3.8, 4) is 0 Å². The van der Waals surface area contributed by atoms with E-state index in [1.165, 1.54) is 59.2 Å². The van der Waals surface area contributed by atoms with Gasteiger partial charge in [0, 0.05) is 0 Å². The van der Waals surface area contributed by atoms with Gasteiger partial charge in [-0.1, -0.05) is 38.5 Å². The lowest BCUT2D eigenvalue weighted by molar-refractivity contribution is 0.0155. The molecule has 144 valence electrons. The number of hydrogen-bond acceptors (Lipinski definition) is 0. The predicted octanol–water partition coefficient (Wildman–Crippen LogP) is 6.94. The van der Waals surface area contributed by atoms with Gasteiger partial charge < -0.3 is 0 Å². The standard InChI is InChI=1S/C26H40/c1-2-6-16-14-24-22-12-10-20-18-8-4-3-7-17(18)19-9-11-21(26(22)25(19)20)23(24)13-15(16)5-1/h15-26H,1-14H2. The molecule has 0 aliphatic heterocycles. The van der Waals surface area contributed by atoms with Gasteiger partial charge in [-0.15, -0.1) is 0 Å². The molecule has 7 aliphatic rings. The molecular formula is C26H40. The van der Waals surface area contributed by atoms with Gasteiger partial charge in [0.1, 0.15) is 0 Å². The van der Waals surface area contributed by atoms with E-state index in [9.17, 15) is 0 Å². The van der Waals surface area contributed by atoms with E-state index in [2.05, 4.69) is 0 Å². The lowest BCUT2D eigenvalue weighted by Gasteiger charge is -2.47. The van der Waals surface area contributed by atoms with Crippen LogP contribution in [0.2, 0.25) is 0 Å². The Morgan fingerprint density at radius 2 is 0.692 bits per heavy atom. The summed E-state index contributed by atoms with van der Waals surface area (Å²) in [5.41, 5.74) is 0. The van der Waals surface area contributed by atoms with E-state index in [1.807, 2.05) is 0 Å². The van der Waals surface area contributed by atoms with Gasteiger partial charge >= 0.3 is 0 Å². The molecule has 0 radical (unpaired) electrons. The van der Waals surface area contributed by atoms with Crippen molar-refractivity contribution in [1.29, 1.82) is 0 Å². The van der Waals surface area contributed by atoms with E-state index in [1.54, 1.807) is 89.9 Å². The molecule has 7 aliphatic carbocycles. The first-order valence-corrected chi connectivity index (χ1v) is 12.9. The van der Waals surface area contributed by atoms with Gasteiger partial charge in [0.15, 0.2) is 0 Å². The highest BCUT2D eigenvalue weighted by Crippen LogP contribution is 2.72. The van der Waals surface area contributed by atoms with Crippen LogP contribution < -0.4 is 0 Å². The zero-order valence-electron chi connectivity index (χ0n) is 16.8. The molecule has 0 aromatic carbocycles. The van der Waals surface area contributed by atoms with Crippen LogP contribution in [0, 0.1) is 71.0 Å². The quantitative estimate of drug-likeness (QED) is 0.443. The molecule has 0 aromatic heterocycles. The van der Waals surface area contributed by atoms with Gasteiger partial charge in [0.05, 0.1) is 0 Å². The van der Waals surface area contributed by atoms with Crippen LogP contribution in [0.4, 0.5) is 0 Å². The van der Waals surface area contributed by atoms with Crippen molar-refractivity contribution in [3.05, 3.63) is 0 Å². The Labute approximate surface area is 161 Å². The summed E-state index contributed by atoms with van der Waals surface area (Å²) in [6.07, 6.45) is 22.7. The maximum absolute atomic E-state index is 1.68. The average Bonchev–Trinajstić information content (AvgIpc) is 3.19. The monoisotopic (exact) mass is 352 g/mol. The summed E-state index contributed by atoms with van der Waals surface area (Å²) in [6, 6.07) is 0. The molecule has 10 unspecified atom stereocenters. The number of fused-ring (bicyclic) bond motifs is 7. The van der Waals surface area contributed by atoms with Crippen molar-refractivity contribution in [2.45, 2.75) is 89.9 Å². The van der Waals surface area contributed by atoms with E-state index in [-0.39, 0.29) is 0 Å². The highest BCUT2D eigenvalue weighted by atomic mass is 14.7. The van der Waals surface area contributed by atoms with Crippen LogP contribution >= 0.6 is 0 Å². The molecule has 0 bridgehead atoms. The lowest BCUT2D eigenvalue weighted by atomic mass is 9.58. The van der Waals surface area contributed by atoms with Crippen molar-refractivity contribution in [3.63, 3.8) is 0 Å². The molecule has 0 aromatic rings.